The molecule has 1 heterocycles. The number of hydrogen-bond donors (Lipinski definition) is 2. The van der Waals surface area contributed by atoms with Crippen LogP contribution in [0.3, 0.4) is 0 Å². The van der Waals surface area contributed by atoms with E-state index in [-0.39, 0.29) is 10.5 Å². The molecule has 0 unspecified atom stereocenters. The Morgan fingerprint density at radius 2 is 1.92 bits per heavy atom. The highest BCUT2D eigenvalue weighted by Crippen LogP contribution is 2.29. The van der Waals surface area contributed by atoms with Crippen LogP contribution in [0.25, 0.3) is 0 Å². The minimum absolute atomic E-state index is 0.0139. The van der Waals surface area contributed by atoms with Crippen LogP contribution >= 0.6 is 0 Å². The zero-order chi connectivity index (χ0) is 17.7. The number of benzene rings is 1. The summed E-state index contributed by atoms with van der Waals surface area (Å²) >= 11 is 0. The largest absolute Gasteiger partial charge is 0.478 e. The molecule has 1 saturated heterocycles. The van der Waals surface area contributed by atoms with E-state index in [1.165, 1.54) is 12.1 Å². The lowest BCUT2D eigenvalue weighted by Crippen LogP contribution is -2.33. The third-order valence-corrected chi connectivity index (χ3v) is 5.70. The van der Waals surface area contributed by atoms with Gasteiger partial charge in [-0.05, 0) is 49.8 Å². The summed E-state index contributed by atoms with van der Waals surface area (Å²) in [6.45, 7) is 5.98. The second kappa shape index (κ2) is 7.98. The molecule has 7 heteroatoms. The standard InChI is InChI=1S/C17H26N2O4S/c1-13(2)8-9-18-24(22,23)16-12-14(17(20)21)6-7-15(16)19-10-4-3-5-11-19/h6-7,12-13,18H,3-5,8-11H2,1-2H3,(H,20,21). The molecule has 0 spiro atoms. The quantitative estimate of drug-likeness (QED) is 0.786. The third-order valence-electron chi connectivity index (χ3n) is 4.21. The van der Waals surface area contributed by atoms with Crippen LogP contribution in [0.1, 0.15) is 49.9 Å². The van der Waals surface area contributed by atoms with Crippen molar-refractivity contribution in [3.8, 4) is 0 Å². The summed E-state index contributed by atoms with van der Waals surface area (Å²) in [4.78, 5) is 13.3. The Morgan fingerprint density at radius 1 is 1.25 bits per heavy atom. The van der Waals surface area contributed by atoms with Crippen molar-refractivity contribution in [2.24, 2.45) is 5.92 Å². The molecule has 2 rings (SSSR count). The number of carboxylic acids is 1. The maximum Gasteiger partial charge on any atom is 0.335 e. The molecular formula is C17H26N2O4S. The first-order valence-corrected chi connectivity index (χ1v) is 9.91. The molecule has 0 aromatic heterocycles. The van der Waals surface area contributed by atoms with Gasteiger partial charge in [0.05, 0.1) is 11.3 Å². The van der Waals surface area contributed by atoms with E-state index >= 15 is 0 Å². The average Bonchev–Trinajstić information content (AvgIpc) is 2.54. The summed E-state index contributed by atoms with van der Waals surface area (Å²) in [5.74, 6) is -0.738. The third kappa shape index (κ3) is 4.70. The summed E-state index contributed by atoms with van der Waals surface area (Å²) in [6.07, 6.45) is 3.90. The Kier molecular flexibility index (Phi) is 6.23. The van der Waals surface area contributed by atoms with E-state index in [0.29, 0.717) is 18.2 Å². The molecule has 1 aliphatic rings. The zero-order valence-corrected chi connectivity index (χ0v) is 15.1. The van der Waals surface area contributed by atoms with E-state index < -0.39 is 16.0 Å². The van der Waals surface area contributed by atoms with E-state index in [0.717, 1.165) is 38.8 Å². The van der Waals surface area contributed by atoms with E-state index in [9.17, 15) is 18.3 Å². The SMILES string of the molecule is CC(C)CCNS(=O)(=O)c1cc(C(=O)O)ccc1N1CCCCC1. The predicted molar refractivity (Wildman–Crippen MR) is 94.1 cm³/mol. The smallest absolute Gasteiger partial charge is 0.335 e. The molecule has 0 saturated carbocycles. The molecule has 1 fully saturated rings. The highest BCUT2D eigenvalue weighted by atomic mass is 32.2. The van der Waals surface area contributed by atoms with Gasteiger partial charge in [0.1, 0.15) is 4.90 Å². The number of nitrogens with zero attached hydrogens (tertiary/aromatic N) is 1. The number of nitrogens with one attached hydrogen (secondary N) is 1. The highest BCUT2D eigenvalue weighted by Gasteiger charge is 2.24. The number of aromatic carboxylic acids is 1. The van der Waals surface area contributed by atoms with Crippen molar-refractivity contribution in [2.45, 2.75) is 44.4 Å². The number of carboxylic acid groups (broad SMARTS) is 1. The summed E-state index contributed by atoms with van der Waals surface area (Å²) in [5.41, 5.74) is 0.580. The van der Waals surface area contributed by atoms with Gasteiger partial charge >= 0.3 is 5.97 Å². The van der Waals surface area contributed by atoms with Gasteiger partial charge in [-0.15, -0.1) is 0 Å². The molecule has 0 atom stereocenters. The highest BCUT2D eigenvalue weighted by molar-refractivity contribution is 7.89. The molecule has 0 amide bonds. The van der Waals surface area contributed by atoms with Crippen LogP contribution in [0.2, 0.25) is 0 Å². The Labute approximate surface area is 143 Å². The van der Waals surface area contributed by atoms with E-state index in [1.807, 2.05) is 18.7 Å². The first kappa shape index (κ1) is 18.7. The first-order chi connectivity index (χ1) is 11.3. The summed E-state index contributed by atoms with van der Waals surface area (Å²) in [5, 5.41) is 9.20. The summed E-state index contributed by atoms with van der Waals surface area (Å²) < 4.78 is 28.0. The second-order valence-electron chi connectivity index (χ2n) is 6.62. The lowest BCUT2D eigenvalue weighted by molar-refractivity contribution is 0.0696. The van der Waals surface area contributed by atoms with Gasteiger partial charge in [-0.1, -0.05) is 13.8 Å². The van der Waals surface area contributed by atoms with Gasteiger partial charge in [0, 0.05) is 19.6 Å². The number of carbonyl (C=O) groups is 1. The first-order valence-electron chi connectivity index (χ1n) is 8.43. The normalized spacial score (nSPS) is 15.7. The topological polar surface area (TPSA) is 86.7 Å². The molecule has 0 bridgehead atoms. The van der Waals surface area contributed by atoms with Crippen LogP contribution < -0.4 is 9.62 Å². The van der Waals surface area contributed by atoms with Gasteiger partial charge < -0.3 is 10.0 Å². The maximum atomic E-state index is 12.7. The Bertz CT molecular complexity index is 680. The van der Waals surface area contributed by atoms with Crippen molar-refractivity contribution < 1.29 is 18.3 Å². The molecule has 2 N–H and O–H groups in total. The fourth-order valence-electron chi connectivity index (χ4n) is 2.82. The molecule has 0 radical (unpaired) electrons. The number of rotatable bonds is 7. The minimum Gasteiger partial charge on any atom is -0.478 e. The van der Waals surface area contributed by atoms with Gasteiger partial charge in [0.2, 0.25) is 10.0 Å². The monoisotopic (exact) mass is 354 g/mol. The van der Waals surface area contributed by atoms with Crippen LogP contribution in [0.5, 0.6) is 0 Å². The Hall–Kier alpha value is -1.60. The second-order valence-corrected chi connectivity index (χ2v) is 8.35. The van der Waals surface area contributed by atoms with Crippen LogP contribution in [-0.2, 0) is 10.0 Å². The Balaban J connectivity index is 2.36. The maximum absolute atomic E-state index is 12.7. The molecular weight excluding hydrogens is 328 g/mol. The van der Waals surface area contributed by atoms with E-state index in [2.05, 4.69) is 4.72 Å². The zero-order valence-electron chi connectivity index (χ0n) is 14.3. The van der Waals surface area contributed by atoms with Crippen molar-refractivity contribution in [2.75, 3.05) is 24.5 Å². The molecule has 134 valence electrons. The van der Waals surface area contributed by atoms with E-state index in [4.69, 9.17) is 0 Å². The predicted octanol–water partition coefficient (Wildman–Crippen LogP) is 2.70. The lowest BCUT2D eigenvalue weighted by Gasteiger charge is -2.30. The molecule has 24 heavy (non-hydrogen) atoms. The average molecular weight is 354 g/mol. The summed E-state index contributed by atoms with van der Waals surface area (Å²) in [7, 11) is -3.75. The van der Waals surface area contributed by atoms with Gasteiger partial charge in [-0.3, -0.25) is 0 Å². The molecule has 1 aromatic carbocycles. The van der Waals surface area contributed by atoms with Crippen molar-refractivity contribution >= 4 is 21.7 Å². The van der Waals surface area contributed by atoms with Crippen LogP contribution in [0, 0.1) is 5.92 Å². The number of anilines is 1. The van der Waals surface area contributed by atoms with Crippen molar-refractivity contribution in [3.63, 3.8) is 0 Å². The van der Waals surface area contributed by atoms with Crippen LogP contribution in [0.4, 0.5) is 5.69 Å². The fraction of sp³-hybridized carbons (Fsp3) is 0.588. The van der Waals surface area contributed by atoms with E-state index in [1.54, 1.807) is 6.07 Å². The van der Waals surface area contributed by atoms with Crippen molar-refractivity contribution in [1.82, 2.24) is 4.72 Å². The lowest BCUT2D eigenvalue weighted by atomic mass is 10.1. The van der Waals surface area contributed by atoms with Crippen LogP contribution in [-0.4, -0.2) is 39.1 Å². The number of hydrogen-bond acceptors (Lipinski definition) is 4. The van der Waals surface area contributed by atoms with Gasteiger partial charge in [-0.25, -0.2) is 17.9 Å². The number of sulfonamides is 1. The van der Waals surface area contributed by atoms with Crippen LogP contribution in [0.15, 0.2) is 23.1 Å². The molecule has 0 aliphatic carbocycles. The molecule has 1 aromatic rings. The fourth-order valence-corrected chi connectivity index (χ4v) is 4.11. The van der Waals surface area contributed by atoms with Gasteiger partial charge in [-0.2, -0.15) is 0 Å². The van der Waals surface area contributed by atoms with Crippen molar-refractivity contribution in [3.05, 3.63) is 23.8 Å². The minimum atomic E-state index is -3.75. The van der Waals surface area contributed by atoms with Crippen molar-refractivity contribution in [1.29, 1.82) is 0 Å². The number of piperidine rings is 1. The molecule has 1 aliphatic heterocycles. The van der Waals surface area contributed by atoms with Gasteiger partial charge in [0.25, 0.3) is 0 Å². The van der Waals surface area contributed by atoms with Gasteiger partial charge in [0.15, 0.2) is 0 Å². The summed E-state index contributed by atoms with van der Waals surface area (Å²) in [6, 6.07) is 4.36. The molecule has 6 nitrogen and oxygen atoms in total. The Morgan fingerprint density at radius 3 is 2.50 bits per heavy atom.